The highest BCUT2D eigenvalue weighted by Crippen LogP contribution is 2.35. The Morgan fingerprint density at radius 3 is 2.63 bits per heavy atom. The average Bonchev–Trinajstić information content (AvgIpc) is 3.10. The van der Waals surface area contributed by atoms with Gasteiger partial charge in [-0.1, -0.05) is 23.2 Å². The van der Waals surface area contributed by atoms with Crippen molar-refractivity contribution in [1.29, 1.82) is 0 Å². The molecule has 140 valence electrons. The number of aromatic amines is 1. The van der Waals surface area contributed by atoms with Crippen LogP contribution in [0, 0.1) is 5.82 Å². The third-order valence-electron chi connectivity index (χ3n) is 3.60. The minimum atomic E-state index is -0.627. The normalized spacial score (nSPS) is 10.7. The average molecular weight is 410 g/mol. The number of carbonyl (C=O) groups excluding carboxylic acids is 1. The van der Waals surface area contributed by atoms with Crippen molar-refractivity contribution in [2.45, 2.75) is 13.5 Å². The summed E-state index contributed by atoms with van der Waals surface area (Å²) in [5.74, 6) is -0.530. The van der Waals surface area contributed by atoms with Crippen molar-refractivity contribution in [3.05, 3.63) is 63.5 Å². The van der Waals surface area contributed by atoms with Gasteiger partial charge < -0.3 is 9.47 Å². The van der Waals surface area contributed by atoms with Gasteiger partial charge in [0.25, 0.3) is 0 Å². The molecular formula is C18H14Cl2FN3O3. The minimum Gasteiger partial charge on any atom is -0.489 e. The molecule has 0 bridgehead atoms. The van der Waals surface area contributed by atoms with Gasteiger partial charge in [-0.3, -0.25) is 0 Å². The molecule has 1 N–H and O–H groups in total. The number of hydrogen-bond donors (Lipinski definition) is 1. The fourth-order valence-electron chi connectivity index (χ4n) is 2.44. The maximum atomic E-state index is 13.0. The van der Waals surface area contributed by atoms with E-state index < -0.39 is 5.97 Å². The van der Waals surface area contributed by atoms with E-state index in [0.717, 1.165) is 0 Å². The summed E-state index contributed by atoms with van der Waals surface area (Å²) in [5, 5.41) is 11.0. The van der Waals surface area contributed by atoms with Gasteiger partial charge in [-0.05, 0) is 43.3 Å². The number of hydrogen-bond acceptors (Lipinski definition) is 5. The Balaban J connectivity index is 1.97. The third-order valence-corrected chi connectivity index (χ3v) is 4.11. The lowest BCUT2D eigenvalue weighted by molar-refractivity contribution is 0.0520. The number of carbonyl (C=O) groups is 1. The van der Waals surface area contributed by atoms with Crippen LogP contribution in [0.1, 0.15) is 23.0 Å². The van der Waals surface area contributed by atoms with E-state index in [9.17, 15) is 9.18 Å². The van der Waals surface area contributed by atoms with Gasteiger partial charge in [-0.15, -0.1) is 5.10 Å². The van der Waals surface area contributed by atoms with Crippen molar-refractivity contribution in [2.75, 3.05) is 6.61 Å². The summed E-state index contributed by atoms with van der Waals surface area (Å²) in [6, 6.07) is 8.76. The van der Waals surface area contributed by atoms with E-state index in [4.69, 9.17) is 32.7 Å². The first-order valence-corrected chi connectivity index (χ1v) is 8.69. The Bertz CT molecular complexity index is 961. The predicted molar refractivity (Wildman–Crippen MR) is 98.5 cm³/mol. The molecule has 0 saturated carbocycles. The van der Waals surface area contributed by atoms with Gasteiger partial charge in [0.2, 0.25) is 0 Å². The minimum absolute atomic E-state index is 0.00380. The first kappa shape index (κ1) is 19.1. The molecule has 6 nitrogen and oxygen atoms in total. The summed E-state index contributed by atoms with van der Waals surface area (Å²) < 4.78 is 23.7. The van der Waals surface area contributed by atoms with Crippen LogP contribution in [0.15, 0.2) is 36.4 Å². The van der Waals surface area contributed by atoms with Crippen molar-refractivity contribution >= 4 is 29.2 Å². The van der Waals surface area contributed by atoms with Gasteiger partial charge in [0.05, 0.1) is 11.6 Å². The molecule has 0 amide bonds. The number of aromatic nitrogens is 3. The molecule has 27 heavy (non-hydrogen) atoms. The van der Waals surface area contributed by atoms with E-state index >= 15 is 0 Å². The lowest BCUT2D eigenvalue weighted by Gasteiger charge is -2.13. The molecule has 3 aromatic rings. The summed E-state index contributed by atoms with van der Waals surface area (Å²) in [6.45, 7) is 1.95. The van der Waals surface area contributed by atoms with E-state index in [2.05, 4.69) is 15.4 Å². The number of benzene rings is 2. The zero-order chi connectivity index (χ0) is 19.4. The van der Waals surface area contributed by atoms with Crippen LogP contribution in [0.2, 0.25) is 10.0 Å². The van der Waals surface area contributed by atoms with Gasteiger partial charge in [-0.2, -0.15) is 10.3 Å². The quantitative estimate of drug-likeness (QED) is 0.598. The predicted octanol–water partition coefficient (Wildman–Crippen LogP) is 4.67. The molecule has 2 aromatic carbocycles. The van der Waals surface area contributed by atoms with Crippen LogP contribution in [-0.2, 0) is 11.3 Å². The molecule has 0 atom stereocenters. The molecule has 9 heteroatoms. The number of H-pyrrole nitrogens is 1. The topological polar surface area (TPSA) is 77.1 Å². The van der Waals surface area contributed by atoms with Crippen molar-refractivity contribution < 1.29 is 18.7 Å². The van der Waals surface area contributed by atoms with Crippen LogP contribution < -0.4 is 4.74 Å². The van der Waals surface area contributed by atoms with Crippen LogP contribution in [0.25, 0.3) is 11.3 Å². The molecule has 1 aromatic heterocycles. The number of nitrogens with zero attached hydrogens (tertiary/aromatic N) is 2. The standard InChI is InChI=1S/C18H14Cl2FN3O3/c1-2-26-18(25)17-16(22-24-23-17)15-10(7-11(19)8-14(15)20)9-27-13-5-3-12(21)4-6-13/h3-8H,2,9H2,1H3,(H,22,23,24). The van der Waals surface area contributed by atoms with E-state index in [-0.39, 0.29) is 35.4 Å². The Morgan fingerprint density at radius 1 is 1.19 bits per heavy atom. The second-order valence-corrected chi connectivity index (χ2v) is 6.25. The highest BCUT2D eigenvalue weighted by Gasteiger charge is 2.24. The summed E-state index contributed by atoms with van der Waals surface area (Å²) in [5.41, 5.74) is 1.26. The largest absolute Gasteiger partial charge is 0.489 e. The maximum absolute atomic E-state index is 13.0. The summed E-state index contributed by atoms with van der Waals surface area (Å²) in [4.78, 5) is 12.1. The smallest absolute Gasteiger partial charge is 0.361 e. The highest BCUT2D eigenvalue weighted by atomic mass is 35.5. The Labute approximate surface area is 164 Å². The monoisotopic (exact) mass is 409 g/mol. The first-order valence-electron chi connectivity index (χ1n) is 7.94. The van der Waals surface area contributed by atoms with Gasteiger partial charge in [0, 0.05) is 16.1 Å². The molecule has 0 radical (unpaired) electrons. The van der Waals surface area contributed by atoms with Crippen molar-refractivity contribution in [2.24, 2.45) is 0 Å². The number of esters is 1. The van der Waals surface area contributed by atoms with Crippen molar-refractivity contribution in [3.8, 4) is 17.0 Å². The summed E-state index contributed by atoms with van der Waals surface area (Å²) >= 11 is 12.5. The molecule has 0 aliphatic heterocycles. The second kappa shape index (κ2) is 8.37. The lowest BCUT2D eigenvalue weighted by atomic mass is 10.0. The number of nitrogens with one attached hydrogen (secondary N) is 1. The van der Waals surface area contributed by atoms with E-state index in [1.807, 2.05) is 0 Å². The SMILES string of the molecule is CCOC(=O)c1n[nH]nc1-c1c(Cl)cc(Cl)cc1COc1ccc(F)cc1. The zero-order valence-electron chi connectivity index (χ0n) is 14.1. The van der Waals surface area contributed by atoms with Crippen LogP contribution in [0.3, 0.4) is 0 Å². The van der Waals surface area contributed by atoms with Crippen LogP contribution in [-0.4, -0.2) is 28.0 Å². The van der Waals surface area contributed by atoms with E-state index in [1.54, 1.807) is 13.0 Å². The fourth-order valence-corrected chi connectivity index (χ4v) is 3.07. The van der Waals surface area contributed by atoms with E-state index in [1.165, 1.54) is 30.3 Å². The number of ether oxygens (including phenoxy) is 2. The van der Waals surface area contributed by atoms with Gasteiger partial charge in [0.1, 0.15) is 23.9 Å². The molecule has 0 spiro atoms. The summed E-state index contributed by atoms with van der Waals surface area (Å²) in [7, 11) is 0. The Morgan fingerprint density at radius 2 is 1.93 bits per heavy atom. The molecule has 0 fully saturated rings. The molecule has 0 unspecified atom stereocenters. The van der Waals surface area contributed by atoms with E-state index in [0.29, 0.717) is 21.9 Å². The third kappa shape index (κ3) is 4.37. The first-order chi connectivity index (χ1) is 13.0. The van der Waals surface area contributed by atoms with Gasteiger partial charge in [-0.25, -0.2) is 9.18 Å². The second-order valence-electron chi connectivity index (χ2n) is 5.41. The van der Waals surface area contributed by atoms with Crippen LogP contribution in [0.4, 0.5) is 4.39 Å². The van der Waals surface area contributed by atoms with Gasteiger partial charge >= 0.3 is 5.97 Å². The summed E-state index contributed by atoms with van der Waals surface area (Å²) in [6.07, 6.45) is 0. The van der Waals surface area contributed by atoms with Crippen molar-refractivity contribution in [1.82, 2.24) is 15.4 Å². The van der Waals surface area contributed by atoms with Crippen molar-refractivity contribution in [3.63, 3.8) is 0 Å². The zero-order valence-corrected chi connectivity index (χ0v) is 15.6. The molecule has 0 aliphatic rings. The number of halogens is 3. The highest BCUT2D eigenvalue weighted by molar-refractivity contribution is 6.36. The molecule has 1 heterocycles. The van der Waals surface area contributed by atoms with Crippen LogP contribution in [0.5, 0.6) is 5.75 Å². The Kier molecular flexibility index (Phi) is 5.93. The van der Waals surface area contributed by atoms with Crippen LogP contribution >= 0.6 is 23.2 Å². The molecule has 3 rings (SSSR count). The molecule has 0 aliphatic carbocycles. The fraction of sp³-hybridized carbons (Fsp3) is 0.167. The number of rotatable bonds is 6. The maximum Gasteiger partial charge on any atom is 0.361 e. The molecular weight excluding hydrogens is 396 g/mol. The lowest BCUT2D eigenvalue weighted by Crippen LogP contribution is -2.08. The molecule has 0 saturated heterocycles. The van der Waals surface area contributed by atoms with Gasteiger partial charge in [0.15, 0.2) is 5.69 Å². The Hall–Kier alpha value is -2.64.